The number of aromatic nitrogens is 3. The van der Waals surface area contributed by atoms with Crippen LogP contribution in [0.5, 0.6) is 0 Å². The molecule has 1 saturated heterocycles. The molecule has 1 aliphatic rings. The van der Waals surface area contributed by atoms with E-state index in [-0.39, 0.29) is 11.5 Å². The van der Waals surface area contributed by atoms with Crippen molar-refractivity contribution in [2.75, 3.05) is 13.2 Å². The van der Waals surface area contributed by atoms with E-state index in [2.05, 4.69) is 15.1 Å². The third-order valence-electron chi connectivity index (χ3n) is 3.26. The van der Waals surface area contributed by atoms with Crippen molar-refractivity contribution in [1.82, 2.24) is 15.1 Å². The summed E-state index contributed by atoms with van der Waals surface area (Å²) < 4.78 is 10.6. The van der Waals surface area contributed by atoms with Crippen molar-refractivity contribution >= 4 is 0 Å². The number of H-pyrrole nitrogens is 1. The van der Waals surface area contributed by atoms with Gasteiger partial charge in [-0.05, 0) is 18.9 Å². The van der Waals surface area contributed by atoms with Crippen molar-refractivity contribution < 1.29 is 9.26 Å². The Bertz CT molecular complexity index is 626. The van der Waals surface area contributed by atoms with Crippen LogP contribution in [-0.2, 0) is 11.2 Å². The zero-order valence-electron chi connectivity index (χ0n) is 10.7. The molecule has 1 aliphatic heterocycles. The number of ether oxygens (including phenoxy) is 1. The number of nitrogens with one attached hydrogen (secondary N) is 1. The van der Waals surface area contributed by atoms with Crippen LogP contribution < -0.4 is 5.56 Å². The summed E-state index contributed by atoms with van der Waals surface area (Å²) in [6.45, 7) is 3.35. The van der Waals surface area contributed by atoms with Gasteiger partial charge >= 0.3 is 0 Å². The summed E-state index contributed by atoms with van der Waals surface area (Å²) in [5, 5.41) is 3.98. The lowest BCUT2D eigenvalue weighted by Crippen LogP contribution is -2.07. The number of pyridine rings is 1. The van der Waals surface area contributed by atoms with E-state index in [0.29, 0.717) is 23.9 Å². The zero-order valence-corrected chi connectivity index (χ0v) is 10.7. The Morgan fingerprint density at radius 3 is 3.11 bits per heavy atom. The van der Waals surface area contributed by atoms with Gasteiger partial charge in [-0.15, -0.1) is 0 Å². The maximum absolute atomic E-state index is 11.5. The Kier molecular flexibility index (Phi) is 3.16. The first-order valence-corrected chi connectivity index (χ1v) is 6.41. The second kappa shape index (κ2) is 4.97. The van der Waals surface area contributed by atoms with Gasteiger partial charge in [0.25, 0.3) is 5.89 Å². The summed E-state index contributed by atoms with van der Waals surface area (Å²) >= 11 is 0. The SMILES string of the molecule is CCc1cc(-c2nc(C3CCOC3)no2)cc(=O)[nH]1. The van der Waals surface area contributed by atoms with Crippen molar-refractivity contribution in [3.8, 4) is 11.5 Å². The molecule has 2 aromatic heterocycles. The lowest BCUT2D eigenvalue weighted by atomic mass is 10.1. The number of hydrogen-bond donors (Lipinski definition) is 1. The molecule has 6 nitrogen and oxygen atoms in total. The van der Waals surface area contributed by atoms with Gasteiger partial charge in [0, 0.05) is 29.8 Å². The van der Waals surface area contributed by atoms with Crippen LogP contribution in [0.15, 0.2) is 21.5 Å². The predicted octanol–water partition coefficient (Wildman–Crippen LogP) is 1.49. The molecule has 6 heteroatoms. The van der Waals surface area contributed by atoms with E-state index in [0.717, 1.165) is 25.1 Å². The summed E-state index contributed by atoms with van der Waals surface area (Å²) in [5.41, 5.74) is 1.36. The van der Waals surface area contributed by atoms with Crippen LogP contribution >= 0.6 is 0 Å². The van der Waals surface area contributed by atoms with E-state index in [1.54, 1.807) is 0 Å². The quantitative estimate of drug-likeness (QED) is 0.905. The monoisotopic (exact) mass is 261 g/mol. The van der Waals surface area contributed by atoms with Gasteiger partial charge in [0.05, 0.1) is 6.61 Å². The summed E-state index contributed by atoms with van der Waals surface area (Å²) in [4.78, 5) is 18.7. The Labute approximate surface area is 109 Å². The summed E-state index contributed by atoms with van der Waals surface area (Å²) in [7, 11) is 0. The molecule has 0 bridgehead atoms. The van der Waals surface area contributed by atoms with E-state index in [1.165, 1.54) is 6.07 Å². The maximum atomic E-state index is 11.5. The molecule has 1 fully saturated rings. The highest BCUT2D eigenvalue weighted by Gasteiger charge is 2.23. The minimum atomic E-state index is -0.154. The topological polar surface area (TPSA) is 81.0 Å². The lowest BCUT2D eigenvalue weighted by Gasteiger charge is -1.99. The van der Waals surface area contributed by atoms with E-state index in [1.807, 2.05) is 13.0 Å². The fraction of sp³-hybridized carbons (Fsp3) is 0.462. The van der Waals surface area contributed by atoms with Gasteiger partial charge in [-0.2, -0.15) is 4.98 Å². The first kappa shape index (κ1) is 12.1. The smallest absolute Gasteiger partial charge is 0.258 e. The number of hydrogen-bond acceptors (Lipinski definition) is 5. The molecule has 0 amide bonds. The first-order valence-electron chi connectivity index (χ1n) is 6.41. The fourth-order valence-electron chi connectivity index (χ4n) is 2.17. The molecule has 0 aliphatic carbocycles. The molecule has 19 heavy (non-hydrogen) atoms. The van der Waals surface area contributed by atoms with Crippen LogP contribution in [-0.4, -0.2) is 28.3 Å². The average Bonchev–Trinajstić information content (AvgIpc) is 3.08. The van der Waals surface area contributed by atoms with E-state index < -0.39 is 0 Å². The van der Waals surface area contributed by atoms with E-state index in [9.17, 15) is 4.79 Å². The van der Waals surface area contributed by atoms with Gasteiger partial charge in [-0.3, -0.25) is 4.79 Å². The van der Waals surface area contributed by atoms with Crippen LogP contribution in [0.1, 0.15) is 30.8 Å². The molecule has 3 heterocycles. The van der Waals surface area contributed by atoms with Gasteiger partial charge in [0.2, 0.25) is 5.56 Å². The molecule has 1 atom stereocenters. The minimum Gasteiger partial charge on any atom is -0.381 e. The number of aromatic amines is 1. The average molecular weight is 261 g/mol. The Morgan fingerprint density at radius 2 is 2.37 bits per heavy atom. The van der Waals surface area contributed by atoms with Gasteiger partial charge in [0.1, 0.15) is 0 Å². The van der Waals surface area contributed by atoms with Gasteiger partial charge < -0.3 is 14.2 Å². The van der Waals surface area contributed by atoms with Crippen LogP contribution in [0.2, 0.25) is 0 Å². The molecule has 1 N–H and O–H groups in total. The molecule has 3 rings (SSSR count). The van der Waals surface area contributed by atoms with Gasteiger partial charge in [-0.25, -0.2) is 0 Å². The molecule has 0 radical (unpaired) electrons. The fourth-order valence-corrected chi connectivity index (χ4v) is 2.17. The molecule has 1 unspecified atom stereocenters. The summed E-state index contributed by atoms with van der Waals surface area (Å²) in [6, 6.07) is 3.34. The number of rotatable bonds is 3. The largest absolute Gasteiger partial charge is 0.381 e. The Balaban J connectivity index is 1.93. The van der Waals surface area contributed by atoms with Crippen LogP contribution in [0.4, 0.5) is 0 Å². The molecule has 2 aromatic rings. The highest BCUT2D eigenvalue weighted by Crippen LogP contribution is 2.25. The molecule has 0 saturated carbocycles. The van der Waals surface area contributed by atoms with Crippen LogP contribution in [0.3, 0.4) is 0 Å². The second-order valence-corrected chi connectivity index (χ2v) is 4.63. The van der Waals surface area contributed by atoms with Crippen molar-refractivity contribution in [2.45, 2.75) is 25.7 Å². The van der Waals surface area contributed by atoms with Crippen molar-refractivity contribution in [1.29, 1.82) is 0 Å². The molecular formula is C13H15N3O3. The molecule has 100 valence electrons. The third-order valence-corrected chi connectivity index (χ3v) is 3.26. The lowest BCUT2D eigenvalue weighted by molar-refractivity contribution is 0.192. The zero-order chi connectivity index (χ0) is 13.2. The summed E-state index contributed by atoms with van der Waals surface area (Å²) in [6.07, 6.45) is 1.66. The second-order valence-electron chi connectivity index (χ2n) is 4.63. The van der Waals surface area contributed by atoms with Crippen molar-refractivity contribution in [2.24, 2.45) is 0 Å². The molecule has 0 spiro atoms. The highest BCUT2D eigenvalue weighted by molar-refractivity contribution is 5.52. The molecular weight excluding hydrogens is 246 g/mol. The maximum Gasteiger partial charge on any atom is 0.258 e. The Hall–Kier alpha value is -1.95. The first-order chi connectivity index (χ1) is 9.26. The van der Waals surface area contributed by atoms with Crippen LogP contribution in [0.25, 0.3) is 11.5 Å². The predicted molar refractivity (Wildman–Crippen MR) is 67.9 cm³/mol. The van der Waals surface area contributed by atoms with Crippen molar-refractivity contribution in [3.63, 3.8) is 0 Å². The van der Waals surface area contributed by atoms with Gasteiger partial charge in [-0.1, -0.05) is 12.1 Å². The van der Waals surface area contributed by atoms with Crippen LogP contribution in [0, 0.1) is 0 Å². The standard InChI is InChI=1S/C13H15N3O3/c1-2-10-5-9(6-11(17)14-10)13-15-12(16-19-13)8-3-4-18-7-8/h5-6,8H,2-4,7H2,1H3,(H,14,17). The highest BCUT2D eigenvalue weighted by atomic mass is 16.5. The minimum absolute atomic E-state index is 0.154. The Morgan fingerprint density at radius 1 is 1.47 bits per heavy atom. The summed E-state index contributed by atoms with van der Waals surface area (Å²) in [5.74, 6) is 1.25. The van der Waals surface area contributed by atoms with Gasteiger partial charge in [0.15, 0.2) is 5.82 Å². The normalized spacial score (nSPS) is 18.9. The van der Waals surface area contributed by atoms with E-state index >= 15 is 0 Å². The number of aryl methyl sites for hydroxylation is 1. The van der Waals surface area contributed by atoms with Crippen molar-refractivity contribution in [3.05, 3.63) is 34.0 Å². The number of nitrogens with zero attached hydrogens (tertiary/aromatic N) is 2. The third kappa shape index (κ3) is 2.44. The molecule has 0 aromatic carbocycles. The van der Waals surface area contributed by atoms with E-state index in [4.69, 9.17) is 9.26 Å².